The molecule has 0 atom stereocenters. The molecular formula is C10H8F2O2. The van der Waals surface area contributed by atoms with E-state index in [2.05, 4.69) is 6.58 Å². The molecule has 0 saturated carbocycles. The molecule has 0 radical (unpaired) electrons. The monoisotopic (exact) mass is 198 g/mol. The fourth-order valence-electron chi connectivity index (χ4n) is 0.971. The van der Waals surface area contributed by atoms with Crippen LogP contribution in [0.3, 0.4) is 0 Å². The largest absolute Gasteiger partial charge is 0.478 e. The van der Waals surface area contributed by atoms with Gasteiger partial charge in [0.15, 0.2) is 0 Å². The summed E-state index contributed by atoms with van der Waals surface area (Å²) >= 11 is 0. The first-order valence-corrected chi connectivity index (χ1v) is 3.85. The molecule has 1 aromatic carbocycles. The van der Waals surface area contributed by atoms with Crippen molar-refractivity contribution in [2.24, 2.45) is 0 Å². The maximum atomic E-state index is 13.0. The standard InChI is InChI=1S/C10H8F2O2/c1-6(10(13)14)4-7-2-3-8(11)5-9(7)12/h2-3,5H,1,4H2,(H,13,14). The zero-order valence-corrected chi connectivity index (χ0v) is 7.26. The van der Waals surface area contributed by atoms with E-state index < -0.39 is 17.6 Å². The summed E-state index contributed by atoms with van der Waals surface area (Å²) in [5.74, 6) is -2.63. The van der Waals surface area contributed by atoms with Gasteiger partial charge in [0.1, 0.15) is 11.6 Å². The van der Waals surface area contributed by atoms with Crippen molar-refractivity contribution in [1.29, 1.82) is 0 Å². The van der Waals surface area contributed by atoms with Gasteiger partial charge in [0.25, 0.3) is 0 Å². The van der Waals surface area contributed by atoms with Crippen LogP contribution in [0, 0.1) is 11.6 Å². The Bertz CT molecular complexity index is 386. The van der Waals surface area contributed by atoms with Crippen molar-refractivity contribution in [3.05, 3.63) is 47.5 Å². The van der Waals surface area contributed by atoms with Crippen LogP contribution in [-0.4, -0.2) is 11.1 Å². The first kappa shape index (κ1) is 10.4. The molecule has 2 nitrogen and oxygen atoms in total. The number of aliphatic carboxylic acids is 1. The molecule has 14 heavy (non-hydrogen) atoms. The first-order valence-electron chi connectivity index (χ1n) is 3.85. The third-order valence-electron chi connectivity index (χ3n) is 1.72. The van der Waals surface area contributed by atoms with Crippen molar-refractivity contribution in [3.63, 3.8) is 0 Å². The number of carboxylic acids is 1. The summed E-state index contributed by atoms with van der Waals surface area (Å²) in [6.07, 6.45) is -0.124. The Balaban J connectivity index is 2.87. The van der Waals surface area contributed by atoms with Gasteiger partial charge in [0.05, 0.1) is 0 Å². The van der Waals surface area contributed by atoms with Crippen molar-refractivity contribution >= 4 is 5.97 Å². The Morgan fingerprint density at radius 3 is 2.57 bits per heavy atom. The van der Waals surface area contributed by atoms with Crippen LogP contribution in [0.4, 0.5) is 8.78 Å². The maximum absolute atomic E-state index is 13.0. The highest BCUT2D eigenvalue weighted by atomic mass is 19.1. The number of carboxylic acid groups (broad SMARTS) is 1. The minimum Gasteiger partial charge on any atom is -0.478 e. The van der Waals surface area contributed by atoms with E-state index in [1.165, 1.54) is 6.07 Å². The number of rotatable bonds is 3. The lowest BCUT2D eigenvalue weighted by Crippen LogP contribution is -2.03. The van der Waals surface area contributed by atoms with Crippen LogP contribution in [0.2, 0.25) is 0 Å². The molecule has 0 fully saturated rings. The minimum atomic E-state index is -1.19. The van der Waals surface area contributed by atoms with E-state index in [1.54, 1.807) is 0 Å². The summed E-state index contributed by atoms with van der Waals surface area (Å²) in [5.41, 5.74) is -0.00527. The molecule has 0 aliphatic rings. The molecule has 0 saturated heterocycles. The Morgan fingerprint density at radius 1 is 1.43 bits per heavy atom. The van der Waals surface area contributed by atoms with Crippen LogP contribution in [0.5, 0.6) is 0 Å². The molecule has 0 heterocycles. The van der Waals surface area contributed by atoms with Gasteiger partial charge in [-0.3, -0.25) is 0 Å². The SMILES string of the molecule is C=C(Cc1ccc(F)cc1F)C(=O)O. The van der Waals surface area contributed by atoms with E-state index in [0.717, 1.165) is 6.07 Å². The predicted octanol–water partition coefficient (Wildman–Crippen LogP) is 2.15. The molecule has 1 N–H and O–H groups in total. The third-order valence-corrected chi connectivity index (χ3v) is 1.72. The third kappa shape index (κ3) is 2.39. The van der Waals surface area contributed by atoms with E-state index in [-0.39, 0.29) is 17.6 Å². The van der Waals surface area contributed by atoms with Gasteiger partial charge in [-0.25, -0.2) is 13.6 Å². The lowest BCUT2D eigenvalue weighted by Gasteiger charge is -2.02. The zero-order valence-electron chi connectivity index (χ0n) is 7.26. The van der Waals surface area contributed by atoms with Crippen LogP contribution in [0.25, 0.3) is 0 Å². The molecule has 0 unspecified atom stereocenters. The van der Waals surface area contributed by atoms with Gasteiger partial charge < -0.3 is 5.11 Å². The number of carbonyl (C=O) groups is 1. The predicted molar refractivity (Wildman–Crippen MR) is 46.8 cm³/mol. The van der Waals surface area contributed by atoms with Gasteiger partial charge in [-0.15, -0.1) is 0 Å². The summed E-state index contributed by atoms with van der Waals surface area (Å²) in [6, 6.07) is 3.00. The molecule has 0 aromatic heterocycles. The highest BCUT2D eigenvalue weighted by Gasteiger charge is 2.09. The normalized spacial score (nSPS) is 9.86. The second-order valence-electron chi connectivity index (χ2n) is 2.82. The van der Waals surface area contributed by atoms with Crippen molar-refractivity contribution < 1.29 is 18.7 Å². The quantitative estimate of drug-likeness (QED) is 0.755. The molecule has 0 spiro atoms. The van der Waals surface area contributed by atoms with E-state index in [0.29, 0.717) is 6.07 Å². The van der Waals surface area contributed by atoms with Crippen molar-refractivity contribution in [1.82, 2.24) is 0 Å². The van der Waals surface area contributed by atoms with E-state index in [9.17, 15) is 13.6 Å². The molecule has 74 valence electrons. The van der Waals surface area contributed by atoms with Crippen molar-refractivity contribution in [2.45, 2.75) is 6.42 Å². The Kier molecular flexibility index (Phi) is 2.96. The van der Waals surface area contributed by atoms with Gasteiger partial charge in [-0.2, -0.15) is 0 Å². The molecule has 4 heteroatoms. The number of benzene rings is 1. The zero-order chi connectivity index (χ0) is 10.7. The summed E-state index contributed by atoms with van der Waals surface area (Å²) in [4.78, 5) is 10.4. The van der Waals surface area contributed by atoms with Gasteiger partial charge in [0, 0.05) is 18.1 Å². The summed E-state index contributed by atoms with van der Waals surface area (Å²) < 4.78 is 25.5. The Morgan fingerprint density at radius 2 is 2.07 bits per heavy atom. The van der Waals surface area contributed by atoms with Crippen LogP contribution in [-0.2, 0) is 11.2 Å². The molecule has 0 aliphatic carbocycles. The summed E-state index contributed by atoms with van der Waals surface area (Å²) in [5, 5.41) is 8.49. The molecule has 0 bridgehead atoms. The van der Waals surface area contributed by atoms with Crippen molar-refractivity contribution in [2.75, 3.05) is 0 Å². The maximum Gasteiger partial charge on any atom is 0.331 e. The van der Waals surface area contributed by atoms with Gasteiger partial charge in [0.2, 0.25) is 0 Å². The number of hydrogen-bond acceptors (Lipinski definition) is 1. The van der Waals surface area contributed by atoms with E-state index >= 15 is 0 Å². The van der Waals surface area contributed by atoms with Gasteiger partial charge in [-0.1, -0.05) is 12.6 Å². The number of halogens is 2. The molecule has 1 aromatic rings. The molecular weight excluding hydrogens is 190 g/mol. The molecule has 0 amide bonds. The highest BCUT2D eigenvalue weighted by Crippen LogP contribution is 2.13. The summed E-state index contributed by atoms with van der Waals surface area (Å²) in [7, 11) is 0. The first-order chi connectivity index (χ1) is 6.50. The number of hydrogen-bond donors (Lipinski definition) is 1. The Labute approximate surface area is 79.5 Å². The van der Waals surface area contributed by atoms with Gasteiger partial charge in [-0.05, 0) is 11.6 Å². The van der Waals surface area contributed by atoms with Crippen LogP contribution in [0.1, 0.15) is 5.56 Å². The average molecular weight is 198 g/mol. The smallest absolute Gasteiger partial charge is 0.331 e. The highest BCUT2D eigenvalue weighted by molar-refractivity contribution is 5.86. The fraction of sp³-hybridized carbons (Fsp3) is 0.100. The molecule has 0 aliphatic heterocycles. The Hall–Kier alpha value is -1.71. The second-order valence-corrected chi connectivity index (χ2v) is 2.82. The van der Waals surface area contributed by atoms with Crippen LogP contribution >= 0.6 is 0 Å². The van der Waals surface area contributed by atoms with Gasteiger partial charge >= 0.3 is 5.97 Å². The average Bonchev–Trinajstić information content (AvgIpc) is 2.09. The lowest BCUT2D eigenvalue weighted by atomic mass is 10.1. The van der Waals surface area contributed by atoms with E-state index in [1.807, 2.05) is 0 Å². The summed E-state index contributed by atoms with van der Waals surface area (Å²) in [6.45, 7) is 3.25. The van der Waals surface area contributed by atoms with Crippen molar-refractivity contribution in [3.8, 4) is 0 Å². The molecule has 1 rings (SSSR count). The fourth-order valence-corrected chi connectivity index (χ4v) is 0.971. The second kappa shape index (κ2) is 4.00. The lowest BCUT2D eigenvalue weighted by molar-refractivity contribution is -0.132. The van der Waals surface area contributed by atoms with E-state index in [4.69, 9.17) is 5.11 Å². The van der Waals surface area contributed by atoms with Crippen LogP contribution < -0.4 is 0 Å². The topological polar surface area (TPSA) is 37.3 Å². The minimum absolute atomic E-state index is 0.124. The van der Waals surface area contributed by atoms with Crippen LogP contribution in [0.15, 0.2) is 30.4 Å².